The number of nitrogens with two attached hydrogens (primary N) is 1. The lowest BCUT2D eigenvalue weighted by atomic mass is 9.95. The Labute approximate surface area is 126 Å². The number of carbonyl (C=O) groups is 2. The number of rotatable bonds is 6. The summed E-state index contributed by atoms with van der Waals surface area (Å²) in [4.78, 5) is 27.0. The number of aliphatic carboxylic acids is 1. The van der Waals surface area contributed by atoms with Crippen molar-refractivity contribution in [3.63, 3.8) is 0 Å². The fourth-order valence-electron chi connectivity index (χ4n) is 3.30. The van der Waals surface area contributed by atoms with Crippen LogP contribution < -0.4 is 5.73 Å². The van der Waals surface area contributed by atoms with Gasteiger partial charge in [0.05, 0.1) is 6.04 Å². The van der Waals surface area contributed by atoms with Crippen LogP contribution in [-0.2, 0) is 9.59 Å². The van der Waals surface area contributed by atoms with Crippen LogP contribution in [-0.4, -0.2) is 65.5 Å². The van der Waals surface area contributed by atoms with E-state index in [1.807, 2.05) is 4.90 Å². The molecule has 1 amide bonds. The van der Waals surface area contributed by atoms with Crippen molar-refractivity contribution < 1.29 is 14.7 Å². The Kier molecular flexibility index (Phi) is 5.99. The SMILES string of the molecule is NC(CCC(=O)O)C(=O)N1CCC(CN2CCCC2)CC1. The Morgan fingerprint density at radius 1 is 1.14 bits per heavy atom. The van der Waals surface area contributed by atoms with Crippen molar-refractivity contribution in [1.82, 2.24) is 9.80 Å². The lowest BCUT2D eigenvalue weighted by Crippen LogP contribution is -2.48. The molecular weight excluding hydrogens is 270 g/mol. The highest BCUT2D eigenvalue weighted by molar-refractivity contribution is 5.82. The van der Waals surface area contributed by atoms with Gasteiger partial charge in [-0.2, -0.15) is 0 Å². The van der Waals surface area contributed by atoms with Gasteiger partial charge < -0.3 is 20.6 Å². The summed E-state index contributed by atoms with van der Waals surface area (Å²) < 4.78 is 0. The predicted molar refractivity (Wildman–Crippen MR) is 79.8 cm³/mol. The first-order valence-corrected chi connectivity index (χ1v) is 8.05. The lowest BCUT2D eigenvalue weighted by molar-refractivity contribution is -0.138. The van der Waals surface area contributed by atoms with E-state index in [4.69, 9.17) is 10.8 Å². The zero-order chi connectivity index (χ0) is 15.2. The summed E-state index contributed by atoms with van der Waals surface area (Å²) in [5, 5.41) is 8.64. The molecule has 6 heteroatoms. The largest absolute Gasteiger partial charge is 0.481 e. The van der Waals surface area contributed by atoms with Gasteiger partial charge in [0.2, 0.25) is 5.91 Å². The van der Waals surface area contributed by atoms with Crippen LogP contribution in [0.4, 0.5) is 0 Å². The monoisotopic (exact) mass is 297 g/mol. The van der Waals surface area contributed by atoms with Gasteiger partial charge in [0.15, 0.2) is 0 Å². The van der Waals surface area contributed by atoms with Crippen LogP contribution in [0, 0.1) is 5.92 Å². The van der Waals surface area contributed by atoms with E-state index < -0.39 is 12.0 Å². The van der Waals surface area contributed by atoms with Gasteiger partial charge in [0.1, 0.15) is 0 Å². The molecule has 0 bridgehead atoms. The fraction of sp³-hybridized carbons (Fsp3) is 0.867. The van der Waals surface area contributed by atoms with E-state index >= 15 is 0 Å². The third-order valence-electron chi connectivity index (χ3n) is 4.63. The molecule has 2 saturated heterocycles. The smallest absolute Gasteiger partial charge is 0.303 e. The molecule has 0 saturated carbocycles. The van der Waals surface area contributed by atoms with Gasteiger partial charge in [0, 0.05) is 26.1 Å². The minimum absolute atomic E-state index is 0.0433. The van der Waals surface area contributed by atoms with Crippen LogP contribution in [0.1, 0.15) is 38.5 Å². The van der Waals surface area contributed by atoms with Gasteiger partial charge in [-0.3, -0.25) is 9.59 Å². The standard InChI is InChI=1S/C15H27N3O3/c16-13(3-4-14(19)20)15(21)18-9-5-12(6-10-18)11-17-7-1-2-8-17/h12-13H,1-11,16H2,(H,19,20). The molecule has 2 heterocycles. The van der Waals surface area contributed by atoms with Crippen molar-refractivity contribution >= 4 is 11.9 Å². The molecule has 2 aliphatic heterocycles. The number of nitrogens with zero attached hydrogens (tertiary/aromatic N) is 2. The number of piperidine rings is 1. The zero-order valence-corrected chi connectivity index (χ0v) is 12.7. The number of carboxylic acids is 1. The van der Waals surface area contributed by atoms with Crippen LogP contribution in [0.2, 0.25) is 0 Å². The van der Waals surface area contributed by atoms with Crippen molar-refractivity contribution in [2.75, 3.05) is 32.7 Å². The Bertz CT molecular complexity index is 361. The number of likely N-dealkylation sites (tertiary alicyclic amines) is 2. The van der Waals surface area contributed by atoms with Gasteiger partial charge in [0.25, 0.3) is 0 Å². The summed E-state index contributed by atoms with van der Waals surface area (Å²) in [7, 11) is 0. The molecule has 3 N–H and O–H groups in total. The first kappa shape index (κ1) is 16.2. The van der Waals surface area contributed by atoms with Crippen LogP contribution in [0.15, 0.2) is 0 Å². The van der Waals surface area contributed by atoms with Crippen molar-refractivity contribution in [3.8, 4) is 0 Å². The van der Waals surface area contributed by atoms with E-state index in [1.54, 1.807) is 0 Å². The number of hydrogen-bond acceptors (Lipinski definition) is 4. The van der Waals surface area contributed by atoms with Crippen molar-refractivity contribution in [1.29, 1.82) is 0 Å². The zero-order valence-electron chi connectivity index (χ0n) is 12.7. The molecule has 120 valence electrons. The molecule has 2 fully saturated rings. The summed E-state index contributed by atoms with van der Waals surface area (Å²) in [6.07, 6.45) is 4.88. The second-order valence-corrected chi connectivity index (χ2v) is 6.32. The molecule has 0 aliphatic carbocycles. The minimum atomic E-state index is -0.900. The maximum atomic E-state index is 12.2. The summed E-state index contributed by atoms with van der Waals surface area (Å²) in [5.41, 5.74) is 5.80. The quantitative estimate of drug-likeness (QED) is 0.746. The molecule has 21 heavy (non-hydrogen) atoms. The molecule has 0 aromatic heterocycles. The molecule has 6 nitrogen and oxygen atoms in total. The van der Waals surface area contributed by atoms with E-state index in [9.17, 15) is 9.59 Å². The third-order valence-corrected chi connectivity index (χ3v) is 4.63. The molecule has 1 unspecified atom stereocenters. The van der Waals surface area contributed by atoms with Gasteiger partial charge in [-0.1, -0.05) is 0 Å². The molecule has 2 rings (SSSR count). The van der Waals surface area contributed by atoms with E-state index in [1.165, 1.54) is 25.9 Å². The summed E-state index contributed by atoms with van der Waals surface area (Å²) in [6, 6.07) is -0.670. The molecular formula is C15H27N3O3. The number of amides is 1. The first-order valence-electron chi connectivity index (χ1n) is 8.05. The molecule has 0 aromatic carbocycles. The predicted octanol–water partition coefficient (Wildman–Crippen LogP) is 0.513. The van der Waals surface area contributed by atoms with Gasteiger partial charge in [-0.05, 0) is 51.1 Å². The maximum Gasteiger partial charge on any atom is 0.303 e. The highest BCUT2D eigenvalue weighted by Crippen LogP contribution is 2.21. The number of hydrogen-bond donors (Lipinski definition) is 2. The number of carboxylic acid groups (broad SMARTS) is 1. The van der Waals surface area contributed by atoms with Gasteiger partial charge in [-0.25, -0.2) is 0 Å². The average Bonchev–Trinajstić information content (AvgIpc) is 2.97. The van der Waals surface area contributed by atoms with Crippen LogP contribution in [0.3, 0.4) is 0 Å². The first-order chi connectivity index (χ1) is 10.1. The molecule has 1 atom stereocenters. The summed E-state index contributed by atoms with van der Waals surface area (Å²) in [5.74, 6) is -0.305. The van der Waals surface area contributed by atoms with E-state index in [2.05, 4.69) is 4.90 Å². The van der Waals surface area contributed by atoms with Crippen LogP contribution >= 0.6 is 0 Å². The number of carbonyl (C=O) groups excluding carboxylic acids is 1. The van der Waals surface area contributed by atoms with E-state index in [-0.39, 0.29) is 18.7 Å². The topological polar surface area (TPSA) is 86.9 Å². The Hall–Kier alpha value is -1.14. The molecule has 0 aromatic rings. The van der Waals surface area contributed by atoms with Gasteiger partial charge in [-0.15, -0.1) is 0 Å². The average molecular weight is 297 g/mol. The van der Waals surface area contributed by atoms with Crippen LogP contribution in [0.25, 0.3) is 0 Å². The third kappa shape index (κ3) is 4.97. The Balaban J connectivity index is 1.69. The summed E-state index contributed by atoms with van der Waals surface area (Å²) >= 11 is 0. The maximum absolute atomic E-state index is 12.2. The Morgan fingerprint density at radius 3 is 2.33 bits per heavy atom. The fourth-order valence-corrected chi connectivity index (χ4v) is 3.30. The highest BCUT2D eigenvalue weighted by Gasteiger charge is 2.27. The van der Waals surface area contributed by atoms with Gasteiger partial charge >= 0.3 is 5.97 Å². The highest BCUT2D eigenvalue weighted by atomic mass is 16.4. The van der Waals surface area contributed by atoms with Crippen molar-refractivity contribution in [2.45, 2.75) is 44.6 Å². The normalized spacial score (nSPS) is 22.4. The van der Waals surface area contributed by atoms with Crippen molar-refractivity contribution in [3.05, 3.63) is 0 Å². The molecule has 2 aliphatic rings. The van der Waals surface area contributed by atoms with Crippen LogP contribution in [0.5, 0.6) is 0 Å². The second kappa shape index (κ2) is 7.75. The summed E-state index contributed by atoms with van der Waals surface area (Å²) in [6.45, 7) is 5.13. The second-order valence-electron chi connectivity index (χ2n) is 6.32. The lowest BCUT2D eigenvalue weighted by Gasteiger charge is -2.35. The van der Waals surface area contributed by atoms with E-state index in [0.29, 0.717) is 5.92 Å². The minimum Gasteiger partial charge on any atom is -0.481 e. The molecule has 0 radical (unpaired) electrons. The molecule has 0 spiro atoms. The Morgan fingerprint density at radius 2 is 1.76 bits per heavy atom. The van der Waals surface area contributed by atoms with E-state index in [0.717, 1.165) is 32.5 Å². The van der Waals surface area contributed by atoms with Crippen molar-refractivity contribution in [2.24, 2.45) is 11.7 Å².